The molecule has 2 heterocycles. The Kier molecular flexibility index (Phi) is 2.95. The van der Waals surface area contributed by atoms with Gasteiger partial charge in [-0.05, 0) is 19.9 Å². The van der Waals surface area contributed by atoms with E-state index in [1.807, 2.05) is 18.4 Å². The number of H-pyrrole nitrogens is 1. The molecule has 0 spiro atoms. The van der Waals surface area contributed by atoms with Gasteiger partial charge in [0.25, 0.3) is 0 Å². The lowest BCUT2D eigenvalue weighted by molar-refractivity contribution is 0.0696. The zero-order chi connectivity index (χ0) is 12.4. The van der Waals surface area contributed by atoms with Crippen molar-refractivity contribution < 1.29 is 9.90 Å². The Morgan fingerprint density at radius 2 is 2.29 bits per heavy atom. The number of aryl methyl sites for hydroxylation is 2. The van der Waals surface area contributed by atoms with Gasteiger partial charge in [0.05, 0.1) is 5.56 Å². The number of hydrogen-bond acceptors (Lipinski definition) is 3. The van der Waals surface area contributed by atoms with Crippen molar-refractivity contribution in [2.45, 2.75) is 26.8 Å². The Morgan fingerprint density at radius 3 is 2.82 bits per heavy atom. The van der Waals surface area contributed by atoms with E-state index in [0.717, 1.165) is 17.2 Å². The molecular formula is C11H14N4O2. The molecular weight excluding hydrogens is 220 g/mol. The minimum absolute atomic E-state index is 0.361. The van der Waals surface area contributed by atoms with Gasteiger partial charge in [-0.1, -0.05) is 0 Å². The quantitative estimate of drug-likeness (QED) is 0.831. The van der Waals surface area contributed by atoms with Gasteiger partial charge in [0.1, 0.15) is 12.2 Å². The number of aromatic amines is 1. The predicted octanol–water partition coefficient (Wildman–Crippen LogP) is 1.16. The summed E-state index contributed by atoms with van der Waals surface area (Å²) in [5.74, 6) is -0.0848. The first-order valence-electron chi connectivity index (χ1n) is 5.34. The number of carboxylic acid groups (broad SMARTS) is 1. The summed E-state index contributed by atoms with van der Waals surface area (Å²) in [5.41, 5.74) is 2.08. The van der Waals surface area contributed by atoms with Crippen LogP contribution in [0.25, 0.3) is 0 Å². The molecule has 0 bridgehead atoms. The normalized spacial score (nSPS) is 10.7. The van der Waals surface area contributed by atoms with Crippen LogP contribution < -0.4 is 0 Å². The second kappa shape index (κ2) is 4.40. The molecule has 17 heavy (non-hydrogen) atoms. The molecule has 2 aromatic rings. The number of nitrogens with zero attached hydrogens (tertiary/aromatic N) is 3. The average Bonchev–Trinajstić information content (AvgIpc) is 2.86. The van der Waals surface area contributed by atoms with E-state index in [-0.39, 0.29) is 0 Å². The Labute approximate surface area is 98.3 Å². The van der Waals surface area contributed by atoms with Crippen molar-refractivity contribution in [1.29, 1.82) is 0 Å². The van der Waals surface area contributed by atoms with Gasteiger partial charge in [-0.25, -0.2) is 9.78 Å². The molecule has 2 N–H and O–H groups in total. The summed E-state index contributed by atoms with van der Waals surface area (Å²) in [7, 11) is 0. The fourth-order valence-electron chi connectivity index (χ4n) is 1.93. The molecule has 0 unspecified atom stereocenters. The van der Waals surface area contributed by atoms with Crippen LogP contribution in [0.15, 0.2) is 12.4 Å². The van der Waals surface area contributed by atoms with Gasteiger partial charge < -0.3 is 9.67 Å². The summed E-state index contributed by atoms with van der Waals surface area (Å²) < 4.78 is 1.98. The van der Waals surface area contributed by atoms with Crippen LogP contribution in [-0.4, -0.2) is 30.8 Å². The summed E-state index contributed by atoms with van der Waals surface area (Å²) >= 11 is 0. The van der Waals surface area contributed by atoms with Gasteiger partial charge in [0.15, 0.2) is 0 Å². The number of carboxylic acids is 1. The van der Waals surface area contributed by atoms with Crippen LogP contribution in [0.5, 0.6) is 0 Å². The average molecular weight is 234 g/mol. The predicted molar refractivity (Wildman–Crippen MR) is 61.0 cm³/mol. The van der Waals surface area contributed by atoms with E-state index in [1.54, 1.807) is 6.07 Å². The van der Waals surface area contributed by atoms with E-state index in [4.69, 9.17) is 5.11 Å². The molecule has 2 rings (SSSR count). The molecule has 0 aliphatic heterocycles. The van der Waals surface area contributed by atoms with Crippen molar-refractivity contribution in [3.8, 4) is 0 Å². The van der Waals surface area contributed by atoms with Crippen molar-refractivity contribution in [3.63, 3.8) is 0 Å². The van der Waals surface area contributed by atoms with Gasteiger partial charge in [0.2, 0.25) is 0 Å². The lowest BCUT2D eigenvalue weighted by atomic mass is 10.2. The third kappa shape index (κ3) is 2.20. The van der Waals surface area contributed by atoms with Crippen LogP contribution in [0.3, 0.4) is 0 Å². The number of aromatic nitrogens is 4. The lowest BCUT2D eigenvalue weighted by Gasteiger charge is -2.07. The molecule has 0 aliphatic rings. The van der Waals surface area contributed by atoms with E-state index in [2.05, 4.69) is 15.2 Å². The Morgan fingerprint density at radius 1 is 1.53 bits per heavy atom. The summed E-state index contributed by atoms with van der Waals surface area (Å²) in [5, 5.41) is 15.6. The van der Waals surface area contributed by atoms with Gasteiger partial charge in [-0.15, -0.1) is 0 Å². The second-order valence-corrected chi connectivity index (χ2v) is 3.92. The summed E-state index contributed by atoms with van der Waals surface area (Å²) in [6.45, 7) is 4.41. The first-order valence-corrected chi connectivity index (χ1v) is 5.34. The highest BCUT2D eigenvalue weighted by molar-refractivity contribution is 5.89. The third-order valence-corrected chi connectivity index (χ3v) is 2.84. The Bertz CT molecular complexity index is 528. The number of rotatable bonds is 4. The maximum atomic E-state index is 11.0. The van der Waals surface area contributed by atoms with Crippen LogP contribution in [0.1, 0.15) is 27.6 Å². The van der Waals surface area contributed by atoms with Gasteiger partial charge >= 0.3 is 5.97 Å². The first kappa shape index (κ1) is 11.4. The van der Waals surface area contributed by atoms with Crippen LogP contribution in [-0.2, 0) is 13.0 Å². The summed E-state index contributed by atoms with van der Waals surface area (Å²) in [4.78, 5) is 15.0. The van der Waals surface area contributed by atoms with E-state index >= 15 is 0 Å². The van der Waals surface area contributed by atoms with Crippen molar-refractivity contribution in [2.24, 2.45) is 0 Å². The van der Waals surface area contributed by atoms with Crippen molar-refractivity contribution in [2.75, 3.05) is 0 Å². The van der Waals surface area contributed by atoms with Gasteiger partial charge in [-0.2, -0.15) is 5.10 Å². The number of hydrogen-bond donors (Lipinski definition) is 2. The maximum absolute atomic E-state index is 11.0. The molecule has 6 nitrogen and oxygen atoms in total. The van der Waals surface area contributed by atoms with Crippen LogP contribution in [0.2, 0.25) is 0 Å². The van der Waals surface area contributed by atoms with Crippen LogP contribution in [0, 0.1) is 13.8 Å². The fourth-order valence-corrected chi connectivity index (χ4v) is 1.93. The minimum atomic E-state index is -0.885. The zero-order valence-corrected chi connectivity index (χ0v) is 9.77. The smallest absolute Gasteiger partial charge is 0.337 e. The first-order chi connectivity index (χ1) is 8.09. The molecule has 2 aromatic heterocycles. The minimum Gasteiger partial charge on any atom is -0.478 e. The number of aromatic carboxylic acids is 1. The second-order valence-electron chi connectivity index (χ2n) is 3.92. The van der Waals surface area contributed by atoms with Gasteiger partial charge in [0, 0.05) is 24.4 Å². The van der Waals surface area contributed by atoms with Crippen LogP contribution >= 0.6 is 0 Å². The lowest BCUT2D eigenvalue weighted by Crippen LogP contribution is -2.07. The molecule has 0 atom stereocenters. The van der Waals surface area contributed by atoms with Crippen molar-refractivity contribution in [1.82, 2.24) is 19.7 Å². The molecule has 6 heteroatoms. The molecule has 90 valence electrons. The highest BCUT2D eigenvalue weighted by Crippen LogP contribution is 2.15. The fraction of sp³-hybridized carbons (Fsp3) is 0.364. The van der Waals surface area contributed by atoms with E-state index in [0.29, 0.717) is 18.5 Å². The molecule has 0 saturated carbocycles. The molecule has 0 fully saturated rings. The van der Waals surface area contributed by atoms with E-state index < -0.39 is 5.97 Å². The standard InChI is InChI=1S/C11H14N4O2/c1-7-5-9(11(16)17)8(2)15(7)4-3-10-12-6-13-14-10/h5-6H,3-4H2,1-2H3,(H,16,17)(H,12,13,14). The van der Waals surface area contributed by atoms with Gasteiger partial charge in [-0.3, -0.25) is 5.10 Å². The van der Waals surface area contributed by atoms with E-state index in [9.17, 15) is 4.79 Å². The topological polar surface area (TPSA) is 83.8 Å². The SMILES string of the molecule is Cc1cc(C(=O)O)c(C)n1CCc1ncn[nH]1. The molecule has 0 aromatic carbocycles. The van der Waals surface area contributed by atoms with Crippen molar-refractivity contribution >= 4 is 5.97 Å². The van der Waals surface area contributed by atoms with E-state index in [1.165, 1.54) is 6.33 Å². The monoisotopic (exact) mass is 234 g/mol. The number of nitrogens with one attached hydrogen (secondary N) is 1. The van der Waals surface area contributed by atoms with Crippen molar-refractivity contribution in [3.05, 3.63) is 35.2 Å². The highest BCUT2D eigenvalue weighted by Gasteiger charge is 2.14. The number of carbonyl (C=O) groups is 1. The Balaban J connectivity index is 2.18. The zero-order valence-electron chi connectivity index (χ0n) is 9.77. The maximum Gasteiger partial charge on any atom is 0.337 e. The summed E-state index contributed by atoms with van der Waals surface area (Å²) in [6.07, 6.45) is 2.17. The molecule has 0 saturated heterocycles. The molecule has 0 radical (unpaired) electrons. The molecule has 0 amide bonds. The largest absolute Gasteiger partial charge is 0.478 e. The third-order valence-electron chi connectivity index (χ3n) is 2.84. The van der Waals surface area contributed by atoms with Crippen LogP contribution in [0.4, 0.5) is 0 Å². The summed E-state index contributed by atoms with van der Waals surface area (Å²) in [6, 6.07) is 1.69. The highest BCUT2D eigenvalue weighted by atomic mass is 16.4. The molecule has 0 aliphatic carbocycles. The Hall–Kier alpha value is -2.11.